The number of hydrogen-bond acceptors (Lipinski definition) is 5. The fourth-order valence-electron chi connectivity index (χ4n) is 4.50. The summed E-state index contributed by atoms with van der Waals surface area (Å²) in [5.74, 6) is 0.228. The molecule has 2 aromatic heterocycles. The molecule has 0 aliphatic heterocycles. The molecule has 0 saturated heterocycles. The van der Waals surface area contributed by atoms with Crippen molar-refractivity contribution in [3.05, 3.63) is 113 Å². The predicted molar refractivity (Wildman–Crippen MR) is 134 cm³/mol. The van der Waals surface area contributed by atoms with Crippen LogP contribution in [0, 0.1) is 13.8 Å². The van der Waals surface area contributed by atoms with Gasteiger partial charge in [-0.15, -0.1) is 0 Å². The molecule has 5 aromatic rings. The van der Waals surface area contributed by atoms with E-state index in [2.05, 4.69) is 10.2 Å². The monoisotopic (exact) mass is 529 g/mol. The van der Waals surface area contributed by atoms with E-state index >= 15 is 0 Å². The maximum atomic E-state index is 11.4. The van der Waals surface area contributed by atoms with Crippen LogP contribution in [0.4, 0.5) is 0 Å². The van der Waals surface area contributed by atoms with E-state index in [-0.39, 0.29) is 28.8 Å². The first-order chi connectivity index (χ1) is 17.0. The second-order valence-corrected chi connectivity index (χ2v) is 8.35. The van der Waals surface area contributed by atoms with Gasteiger partial charge in [-0.25, -0.2) is 9.36 Å². The van der Waals surface area contributed by atoms with Crippen LogP contribution in [0.2, 0.25) is 0 Å². The van der Waals surface area contributed by atoms with Gasteiger partial charge >= 0.3 is 0 Å². The van der Waals surface area contributed by atoms with Crippen LogP contribution in [-0.4, -0.2) is 36.9 Å². The van der Waals surface area contributed by atoms with E-state index < -0.39 is 5.92 Å². The molecule has 3 aromatic carbocycles. The van der Waals surface area contributed by atoms with Gasteiger partial charge in [0.1, 0.15) is 5.75 Å². The number of hydrogen-bond donors (Lipinski definition) is 2. The molecule has 2 N–H and O–H groups in total. The molecule has 0 fully saturated rings. The molecular formula is C28H26CuN4O3. The average molecular weight is 530 g/mol. The molecular weight excluding hydrogens is 504 g/mol. The van der Waals surface area contributed by atoms with Crippen LogP contribution >= 0.6 is 0 Å². The summed E-state index contributed by atoms with van der Waals surface area (Å²) in [6.45, 7) is 3.72. The van der Waals surface area contributed by atoms with Crippen molar-refractivity contribution in [3.63, 3.8) is 0 Å². The van der Waals surface area contributed by atoms with Crippen molar-refractivity contribution in [2.24, 2.45) is 0 Å². The van der Waals surface area contributed by atoms with Crippen LogP contribution in [0.3, 0.4) is 0 Å². The molecule has 5 rings (SSSR count). The van der Waals surface area contributed by atoms with Crippen LogP contribution in [-0.2, 0) is 17.1 Å². The molecule has 0 atom stereocenters. The van der Waals surface area contributed by atoms with Crippen molar-refractivity contribution < 1.29 is 32.0 Å². The summed E-state index contributed by atoms with van der Waals surface area (Å²) in [6, 6.07) is 26.5. The SMILES string of the molecule is COc1ccc(C(c2c(C)nn(-c3ccccc3)c2O)c2c(C)nn(-c3ccccc3)c2O)cc1.[Cu]. The Balaban J connectivity index is 0.00000304. The van der Waals surface area contributed by atoms with Gasteiger partial charge in [-0.2, -0.15) is 10.2 Å². The number of aromatic nitrogens is 4. The van der Waals surface area contributed by atoms with E-state index in [1.54, 1.807) is 7.11 Å². The molecule has 0 aliphatic rings. The van der Waals surface area contributed by atoms with Crippen molar-refractivity contribution in [1.82, 2.24) is 19.6 Å². The third-order valence-corrected chi connectivity index (χ3v) is 6.19. The number of benzene rings is 3. The summed E-state index contributed by atoms with van der Waals surface area (Å²) >= 11 is 0. The molecule has 8 heteroatoms. The van der Waals surface area contributed by atoms with E-state index in [4.69, 9.17) is 4.74 Å². The van der Waals surface area contributed by atoms with Crippen molar-refractivity contribution >= 4 is 0 Å². The van der Waals surface area contributed by atoms with Crippen LogP contribution in [0.25, 0.3) is 11.4 Å². The zero-order valence-corrected chi connectivity index (χ0v) is 21.0. The minimum absolute atomic E-state index is 0. The Morgan fingerprint density at radius 1 is 0.667 bits per heavy atom. The average Bonchev–Trinajstić information content (AvgIpc) is 3.36. The molecule has 0 amide bonds. The minimum Gasteiger partial charge on any atom is -0.497 e. The first-order valence-electron chi connectivity index (χ1n) is 11.3. The number of ether oxygens (including phenoxy) is 1. The van der Waals surface area contributed by atoms with Gasteiger partial charge in [-0.05, 0) is 55.8 Å². The van der Waals surface area contributed by atoms with Crippen molar-refractivity contribution in [2.45, 2.75) is 19.8 Å². The summed E-state index contributed by atoms with van der Waals surface area (Å²) in [4.78, 5) is 0. The van der Waals surface area contributed by atoms with E-state index in [1.807, 2.05) is 98.8 Å². The number of para-hydroxylation sites is 2. The summed E-state index contributed by atoms with van der Waals surface area (Å²) < 4.78 is 8.39. The van der Waals surface area contributed by atoms with Crippen LogP contribution < -0.4 is 4.74 Å². The van der Waals surface area contributed by atoms with Gasteiger partial charge in [-0.3, -0.25) is 0 Å². The first kappa shape index (κ1) is 25.1. The normalized spacial score (nSPS) is 10.9. The summed E-state index contributed by atoms with van der Waals surface area (Å²) in [6.07, 6.45) is 0. The number of methoxy groups -OCH3 is 1. The minimum atomic E-state index is -0.518. The Kier molecular flexibility index (Phi) is 7.19. The van der Waals surface area contributed by atoms with Gasteiger partial charge in [-0.1, -0.05) is 48.5 Å². The van der Waals surface area contributed by atoms with Crippen LogP contribution in [0.1, 0.15) is 34.0 Å². The summed E-state index contributed by atoms with van der Waals surface area (Å²) in [5.41, 5.74) is 4.86. The van der Waals surface area contributed by atoms with Crippen molar-refractivity contribution in [2.75, 3.05) is 7.11 Å². The molecule has 2 heterocycles. The zero-order valence-electron chi connectivity index (χ0n) is 20.1. The van der Waals surface area contributed by atoms with Crippen molar-refractivity contribution in [1.29, 1.82) is 0 Å². The smallest absolute Gasteiger partial charge is 0.218 e. The van der Waals surface area contributed by atoms with E-state index in [1.165, 1.54) is 9.36 Å². The molecule has 0 bridgehead atoms. The fraction of sp³-hybridized carbons (Fsp3) is 0.143. The van der Waals surface area contributed by atoms with Gasteiger partial charge in [0.15, 0.2) is 0 Å². The van der Waals surface area contributed by atoms with Crippen LogP contribution in [0.15, 0.2) is 84.9 Å². The maximum absolute atomic E-state index is 11.4. The summed E-state index contributed by atoms with van der Waals surface area (Å²) in [5, 5.41) is 32.1. The van der Waals surface area contributed by atoms with Gasteiger partial charge in [0.25, 0.3) is 0 Å². The molecule has 7 nitrogen and oxygen atoms in total. The predicted octanol–water partition coefficient (Wildman–Crippen LogP) is 5.27. The Bertz CT molecular complexity index is 1370. The summed E-state index contributed by atoms with van der Waals surface area (Å²) in [7, 11) is 1.62. The Hall–Kier alpha value is -4.00. The Morgan fingerprint density at radius 3 is 1.47 bits per heavy atom. The molecule has 0 aliphatic carbocycles. The van der Waals surface area contributed by atoms with Gasteiger partial charge in [0.05, 0.1) is 29.9 Å². The van der Waals surface area contributed by atoms with Crippen molar-refractivity contribution in [3.8, 4) is 28.9 Å². The zero-order chi connectivity index (χ0) is 24.5. The second kappa shape index (κ2) is 10.3. The number of aryl methyl sites for hydroxylation is 2. The Morgan fingerprint density at radius 2 is 1.08 bits per heavy atom. The number of nitrogens with zero attached hydrogens (tertiary/aromatic N) is 4. The van der Waals surface area contributed by atoms with Gasteiger partial charge < -0.3 is 14.9 Å². The quantitative estimate of drug-likeness (QED) is 0.293. The van der Waals surface area contributed by atoms with E-state index in [0.29, 0.717) is 28.3 Å². The fourth-order valence-corrected chi connectivity index (χ4v) is 4.50. The molecule has 36 heavy (non-hydrogen) atoms. The number of rotatable bonds is 6. The van der Waals surface area contributed by atoms with E-state index in [9.17, 15) is 10.2 Å². The standard InChI is InChI=1S/C28H26N4O3.Cu/c1-18-24(27(33)31(29-18)21-10-6-4-7-11-21)26(20-14-16-23(35-3)17-15-20)25-19(2)30-32(28(25)34)22-12-8-5-9-13-22;/h4-17,26,33-34H,1-3H3;. The first-order valence-corrected chi connectivity index (χ1v) is 11.3. The molecule has 0 saturated carbocycles. The molecule has 0 unspecified atom stereocenters. The molecule has 187 valence electrons. The van der Waals surface area contributed by atoms with Gasteiger partial charge in [0.2, 0.25) is 11.8 Å². The second-order valence-electron chi connectivity index (χ2n) is 8.35. The molecule has 0 spiro atoms. The number of aromatic hydroxyl groups is 2. The topological polar surface area (TPSA) is 85.3 Å². The largest absolute Gasteiger partial charge is 0.497 e. The van der Waals surface area contributed by atoms with E-state index in [0.717, 1.165) is 16.9 Å². The molecule has 1 radical (unpaired) electrons. The van der Waals surface area contributed by atoms with Gasteiger partial charge in [0, 0.05) is 34.1 Å². The van der Waals surface area contributed by atoms with Crippen LogP contribution in [0.5, 0.6) is 17.5 Å². The maximum Gasteiger partial charge on any atom is 0.218 e. The third-order valence-electron chi connectivity index (χ3n) is 6.19. The Labute approximate surface area is 220 Å². The third kappa shape index (κ3) is 4.37.